The molecule has 2 amide bonds. The number of benzene rings is 1. The van der Waals surface area contributed by atoms with E-state index in [1.54, 1.807) is 41.3 Å². The predicted molar refractivity (Wildman–Crippen MR) is 98.4 cm³/mol. The number of anilines is 1. The number of rotatable bonds is 3. The molecular weight excluding hydrogens is 361 g/mol. The molecule has 0 atom stereocenters. The molecule has 0 unspecified atom stereocenters. The average Bonchev–Trinajstić information content (AvgIpc) is 2.64. The van der Waals surface area contributed by atoms with Crippen molar-refractivity contribution in [2.24, 2.45) is 0 Å². The van der Waals surface area contributed by atoms with Gasteiger partial charge in [-0.25, -0.2) is 4.98 Å². The van der Waals surface area contributed by atoms with Crippen LogP contribution in [0.15, 0.2) is 36.4 Å². The standard InChI is InChI=1S/C18H17Cl2N3O2/c19-12-7-8-14(13(20)11-12)22-17(24)15-5-4-6-16(21-15)18(25)23-9-2-1-3-10-23/h4-8,11H,1-3,9-10H2,(H,22,24). The summed E-state index contributed by atoms with van der Waals surface area (Å²) in [5.74, 6) is -0.573. The topological polar surface area (TPSA) is 62.3 Å². The summed E-state index contributed by atoms with van der Waals surface area (Å²) in [7, 11) is 0. The summed E-state index contributed by atoms with van der Waals surface area (Å²) in [5.41, 5.74) is 0.872. The summed E-state index contributed by atoms with van der Waals surface area (Å²) < 4.78 is 0. The Morgan fingerprint density at radius 1 is 1.00 bits per heavy atom. The van der Waals surface area contributed by atoms with Crippen molar-refractivity contribution < 1.29 is 9.59 Å². The molecule has 0 bridgehead atoms. The highest BCUT2D eigenvalue weighted by Crippen LogP contribution is 2.25. The van der Waals surface area contributed by atoms with Gasteiger partial charge in [0.25, 0.3) is 11.8 Å². The van der Waals surface area contributed by atoms with Crippen molar-refractivity contribution in [3.05, 3.63) is 57.8 Å². The zero-order valence-corrected chi connectivity index (χ0v) is 15.0. The molecule has 0 radical (unpaired) electrons. The van der Waals surface area contributed by atoms with Crippen LogP contribution < -0.4 is 5.32 Å². The minimum atomic E-state index is -0.433. The van der Waals surface area contributed by atoms with Crippen LogP contribution in [0.25, 0.3) is 0 Å². The molecule has 1 saturated heterocycles. The van der Waals surface area contributed by atoms with Crippen molar-refractivity contribution in [1.29, 1.82) is 0 Å². The van der Waals surface area contributed by atoms with Crippen LogP contribution in [0.4, 0.5) is 5.69 Å². The largest absolute Gasteiger partial charge is 0.337 e. The Balaban J connectivity index is 1.76. The van der Waals surface area contributed by atoms with Crippen molar-refractivity contribution in [2.75, 3.05) is 18.4 Å². The lowest BCUT2D eigenvalue weighted by Gasteiger charge is -2.26. The van der Waals surface area contributed by atoms with E-state index in [1.165, 1.54) is 0 Å². The zero-order chi connectivity index (χ0) is 17.8. The van der Waals surface area contributed by atoms with E-state index >= 15 is 0 Å². The Kier molecular flexibility index (Phi) is 5.56. The molecule has 1 fully saturated rings. The van der Waals surface area contributed by atoms with Gasteiger partial charge in [0.05, 0.1) is 10.7 Å². The summed E-state index contributed by atoms with van der Waals surface area (Å²) in [5, 5.41) is 3.50. The highest BCUT2D eigenvalue weighted by Gasteiger charge is 2.20. The van der Waals surface area contributed by atoms with Crippen LogP contribution in [0.3, 0.4) is 0 Å². The molecule has 2 heterocycles. The molecule has 7 heteroatoms. The summed E-state index contributed by atoms with van der Waals surface area (Å²) in [6, 6.07) is 9.64. The first-order valence-electron chi connectivity index (χ1n) is 8.07. The zero-order valence-electron chi connectivity index (χ0n) is 13.5. The third-order valence-electron chi connectivity index (χ3n) is 4.02. The van der Waals surface area contributed by atoms with E-state index in [0.29, 0.717) is 15.7 Å². The molecule has 1 N–H and O–H groups in total. The summed E-state index contributed by atoms with van der Waals surface area (Å²) >= 11 is 11.9. The number of amides is 2. The fraction of sp³-hybridized carbons (Fsp3) is 0.278. The van der Waals surface area contributed by atoms with Gasteiger partial charge in [0.1, 0.15) is 11.4 Å². The molecule has 2 aromatic rings. The van der Waals surface area contributed by atoms with Crippen molar-refractivity contribution in [1.82, 2.24) is 9.88 Å². The van der Waals surface area contributed by atoms with Crippen LogP contribution in [0.2, 0.25) is 10.0 Å². The Hall–Kier alpha value is -2.11. The molecule has 0 aliphatic carbocycles. The normalized spacial score (nSPS) is 14.2. The van der Waals surface area contributed by atoms with Crippen LogP contribution in [-0.4, -0.2) is 34.8 Å². The molecule has 130 valence electrons. The second kappa shape index (κ2) is 7.85. The van der Waals surface area contributed by atoms with E-state index in [0.717, 1.165) is 32.4 Å². The van der Waals surface area contributed by atoms with Crippen LogP contribution in [0.1, 0.15) is 40.2 Å². The third-order valence-corrected chi connectivity index (χ3v) is 4.57. The number of hydrogen-bond donors (Lipinski definition) is 1. The number of aromatic nitrogens is 1. The lowest BCUT2D eigenvalue weighted by molar-refractivity contribution is 0.0718. The molecule has 5 nitrogen and oxygen atoms in total. The maximum Gasteiger partial charge on any atom is 0.274 e. The first kappa shape index (κ1) is 17.7. The van der Waals surface area contributed by atoms with Gasteiger partial charge in [-0.1, -0.05) is 29.3 Å². The minimum Gasteiger partial charge on any atom is -0.337 e. The average molecular weight is 378 g/mol. The smallest absolute Gasteiger partial charge is 0.274 e. The fourth-order valence-electron chi connectivity index (χ4n) is 2.72. The van der Waals surface area contributed by atoms with Gasteiger partial charge in [0.15, 0.2) is 0 Å². The molecule has 1 aliphatic rings. The van der Waals surface area contributed by atoms with Crippen LogP contribution >= 0.6 is 23.2 Å². The van der Waals surface area contributed by atoms with Gasteiger partial charge in [-0.2, -0.15) is 0 Å². The van der Waals surface area contributed by atoms with Crippen molar-refractivity contribution >= 4 is 40.7 Å². The van der Waals surface area contributed by atoms with Crippen molar-refractivity contribution in [2.45, 2.75) is 19.3 Å². The number of pyridine rings is 1. The van der Waals surface area contributed by atoms with Gasteiger partial charge in [-0.05, 0) is 49.6 Å². The summed E-state index contributed by atoms with van der Waals surface area (Å²) in [4.78, 5) is 30.9. The van der Waals surface area contributed by atoms with Gasteiger partial charge < -0.3 is 10.2 Å². The van der Waals surface area contributed by atoms with Crippen LogP contribution in [0, 0.1) is 0 Å². The molecule has 1 aliphatic heterocycles. The van der Waals surface area contributed by atoms with Crippen molar-refractivity contribution in [3.8, 4) is 0 Å². The Morgan fingerprint density at radius 2 is 1.72 bits per heavy atom. The summed E-state index contributed by atoms with van der Waals surface area (Å²) in [6.45, 7) is 1.47. The Morgan fingerprint density at radius 3 is 2.44 bits per heavy atom. The summed E-state index contributed by atoms with van der Waals surface area (Å²) in [6.07, 6.45) is 3.14. The van der Waals surface area contributed by atoms with Gasteiger partial charge in [-0.15, -0.1) is 0 Å². The monoisotopic (exact) mass is 377 g/mol. The van der Waals surface area contributed by atoms with E-state index < -0.39 is 5.91 Å². The van der Waals surface area contributed by atoms with E-state index in [-0.39, 0.29) is 17.3 Å². The maximum absolute atomic E-state index is 12.5. The lowest BCUT2D eigenvalue weighted by atomic mass is 10.1. The van der Waals surface area contributed by atoms with E-state index in [1.807, 2.05) is 0 Å². The number of nitrogens with zero attached hydrogens (tertiary/aromatic N) is 2. The predicted octanol–water partition coefficient (Wildman–Crippen LogP) is 4.27. The Bertz CT molecular complexity index is 805. The van der Waals surface area contributed by atoms with Crippen LogP contribution in [0.5, 0.6) is 0 Å². The minimum absolute atomic E-state index is 0.140. The van der Waals surface area contributed by atoms with Crippen molar-refractivity contribution in [3.63, 3.8) is 0 Å². The third kappa shape index (κ3) is 4.30. The molecule has 1 aromatic carbocycles. The number of piperidine rings is 1. The van der Waals surface area contributed by atoms with Gasteiger partial charge >= 0.3 is 0 Å². The van der Waals surface area contributed by atoms with Gasteiger partial charge in [0, 0.05) is 18.1 Å². The highest BCUT2D eigenvalue weighted by molar-refractivity contribution is 6.36. The molecule has 3 rings (SSSR count). The molecule has 0 spiro atoms. The first-order valence-corrected chi connectivity index (χ1v) is 8.83. The number of hydrogen-bond acceptors (Lipinski definition) is 3. The second-order valence-corrected chi connectivity index (χ2v) is 6.68. The quantitative estimate of drug-likeness (QED) is 0.868. The van der Waals surface area contributed by atoms with E-state index in [2.05, 4.69) is 10.3 Å². The van der Waals surface area contributed by atoms with E-state index in [9.17, 15) is 9.59 Å². The molecule has 25 heavy (non-hydrogen) atoms. The lowest BCUT2D eigenvalue weighted by Crippen LogP contribution is -2.36. The number of likely N-dealkylation sites (tertiary alicyclic amines) is 1. The molecular formula is C18H17Cl2N3O2. The molecule has 0 saturated carbocycles. The maximum atomic E-state index is 12.5. The first-order chi connectivity index (χ1) is 12.0. The number of carbonyl (C=O) groups excluding carboxylic acids is 2. The van der Waals surface area contributed by atoms with E-state index in [4.69, 9.17) is 23.2 Å². The molecule has 1 aromatic heterocycles. The Labute approximate surface area is 155 Å². The van der Waals surface area contributed by atoms with Crippen LogP contribution in [-0.2, 0) is 0 Å². The fourth-order valence-corrected chi connectivity index (χ4v) is 3.17. The SMILES string of the molecule is O=C(Nc1ccc(Cl)cc1Cl)c1cccc(C(=O)N2CCCCC2)n1. The van der Waals surface area contributed by atoms with Gasteiger partial charge in [-0.3, -0.25) is 9.59 Å². The number of halogens is 2. The number of nitrogens with one attached hydrogen (secondary N) is 1. The second-order valence-electron chi connectivity index (χ2n) is 5.84. The number of carbonyl (C=O) groups is 2. The van der Waals surface area contributed by atoms with Gasteiger partial charge in [0.2, 0.25) is 0 Å². The highest BCUT2D eigenvalue weighted by atomic mass is 35.5.